The van der Waals surface area contributed by atoms with Gasteiger partial charge in [-0.2, -0.15) is 0 Å². The van der Waals surface area contributed by atoms with E-state index in [0.29, 0.717) is 0 Å². The molecule has 0 amide bonds. The minimum absolute atomic E-state index is 0.887. The maximum Gasteiger partial charge on any atom is 0.0962 e. The van der Waals surface area contributed by atoms with E-state index >= 15 is 0 Å². The van der Waals surface area contributed by atoms with Gasteiger partial charge in [0.2, 0.25) is 0 Å². The molecule has 27 heavy (non-hydrogen) atoms. The molecule has 0 fully saturated rings. The fourth-order valence-electron chi connectivity index (χ4n) is 3.42. The van der Waals surface area contributed by atoms with Gasteiger partial charge in [0.15, 0.2) is 0 Å². The Bertz CT molecular complexity index is 1070. The first kappa shape index (κ1) is 17.2. The van der Waals surface area contributed by atoms with Crippen LogP contribution in [0.2, 0.25) is 0 Å². The van der Waals surface area contributed by atoms with E-state index in [0.717, 1.165) is 34.5 Å². The van der Waals surface area contributed by atoms with Crippen molar-refractivity contribution in [1.82, 2.24) is 10.2 Å². The number of aryl methyl sites for hydroxylation is 2. The normalized spacial score (nSPS) is 10.7. The van der Waals surface area contributed by atoms with Gasteiger partial charge in [-0.3, -0.25) is 0 Å². The summed E-state index contributed by atoms with van der Waals surface area (Å²) < 4.78 is 0. The molecule has 0 saturated heterocycles. The zero-order valence-corrected chi connectivity index (χ0v) is 15.7. The van der Waals surface area contributed by atoms with Gasteiger partial charge >= 0.3 is 0 Å². The number of nitrogens with zero attached hydrogens (tertiary/aromatic N) is 2. The van der Waals surface area contributed by atoms with E-state index in [1.54, 1.807) is 0 Å². The minimum atomic E-state index is 0.887. The summed E-state index contributed by atoms with van der Waals surface area (Å²) in [6.45, 7) is 4.21. The van der Waals surface area contributed by atoms with E-state index in [1.165, 1.54) is 16.7 Å². The molecule has 0 N–H and O–H groups in total. The molecule has 0 unspecified atom stereocenters. The van der Waals surface area contributed by atoms with Crippen molar-refractivity contribution in [2.75, 3.05) is 0 Å². The summed E-state index contributed by atoms with van der Waals surface area (Å²) in [6, 6.07) is 29.5. The molecule has 0 bridgehead atoms. The summed E-state index contributed by atoms with van der Waals surface area (Å²) >= 11 is 0. The Hall–Kier alpha value is -3.26. The molecular formula is C25H22N2. The van der Waals surface area contributed by atoms with Crippen molar-refractivity contribution in [3.05, 3.63) is 107 Å². The summed E-state index contributed by atoms with van der Waals surface area (Å²) in [4.78, 5) is 0. The third-order valence-electron chi connectivity index (χ3n) is 4.81. The Labute approximate surface area is 160 Å². The van der Waals surface area contributed by atoms with E-state index in [2.05, 4.69) is 109 Å². The van der Waals surface area contributed by atoms with Crippen LogP contribution >= 0.6 is 0 Å². The lowest BCUT2D eigenvalue weighted by Gasteiger charge is -2.12. The Kier molecular flexibility index (Phi) is 4.80. The largest absolute Gasteiger partial charge is 0.150 e. The number of benzene rings is 3. The molecule has 1 aromatic heterocycles. The predicted octanol–water partition coefficient (Wildman–Crippen LogP) is 6.02. The van der Waals surface area contributed by atoms with Crippen LogP contribution in [0.4, 0.5) is 0 Å². The molecule has 0 spiro atoms. The van der Waals surface area contributed by atoms with E-state index in [1.807, 2.05) is 0 Å². The van der Waals surface area contributed by atoms with Gasteiger partial charge in [-0.25, -0.2) is 0 Å². The van der Waals surface area contributed by atoms with Gasteiger partial charge in [0.25, 0.3) is 0 Å². The van der Waals surface area contributed by atoms with Crippen molar-refractivity contribution in [3.63, 3.8) is 0 Å². The number of aromatic nitrogens is 2. The first-order valence-corrected chi connectivity index (χ1v) is 9.24. The lowest BCUT2D eigenvalue weighted by molar-refractivity contribution is 1.02. The Morgan fingerprint density at radius 2 is 1.48 bits per heavy atom. The quantitative estimate of drug-likeness (QED) is 0.450. The van der Waals surface area contributed by atoms with Crippen LogP contribution in [0.1, 0.15) is 22.3 Å². The van der Waals surface area contributed by atoms with Gasteiger partial charge < -0.3 is 0 Å². The molecule has 2 nitrogen and oxygen atoms in total. The Morgan fingerprint density at radius 1 is 0.704 bits per heavy atom. The molecule has 1 heterocycles. The van der Waals surface area contributed by atoms with Crippen molar-refractivity contribution < 1.29 is 0 Å². The molecule has 2 heteroatoms. The summed E-state index contributed by atoms with van der Waals surface area (Å²) in [7, 11) is 0. The fraction of sp³-hybridized carbons (Fsp3) is 0.120. The van der Waals surface area contributed by atoms with Crippen LogP contribution in [0.3, 0.4) is 0 Å². The highest BCUT2D eigenvalue weighted by Crippen LogP contribution is 2.28. The second kappa shape index (κ2) is 7.55. The average molecular weight is 350 g/mol. The smallest absolute Gasteiger partial charge is 0.0962 e. The van der Waals surface area contributed by atoms with Crippen LogP contribution in [0.25, 0.3) is 22.5 Å². The lowest BCUT2D eigenvalue weighted by atomic mass is 9.95. The first-order chi connectivity index (χ1) is 13.2. The highest BCUT2D eigenvalue weighted by atomic mass is 15.1. The van der Waals surface area contributed by atoms with Crippen LogP contribution < -0.4 is 0 Å². The van der Waals surface area contributed by atoms with E-state index in [9.17, 15) is 0 Å². The van der Waals surface area contributed by atoms with Crippen LogP contribution in [0, 0.1) is 13.8 Å². The predicted molar refractivity (Wildman–Crippen MR) is 112 cm³/mol. The molecule has 4 rings (SSSR count). The van der Waals surface area contributed by atoms with Gasteiger partial charge in [0.05, 0.1) is 11.4 Å². The molecule has 0 aliphatic carbocycles. The maximum absolute atomic E-state index is 4.61. The minimum Gasteiger partial charge on any atom is -0.150 e. The highest BCUT2D eigenvalue weighted by Gasteiger charge is 2.12. The van der Waals surface area contributed by atoms with Crippen molar-refractivity contribution in [2.45, 2.75) is 20.3 Å². The van der Waals surface area contributed by atoms with Crippen molar-refractivity contribution in [3.8, 4) is 22.5 Å². The van der Waals surface area contributed by atoms with Crippen molar-refractivity contribution >= 4 is 0 Å². The van der Waals surface area contributed by atoms with Crippen LogP contribution in [-0.4, -0.2) is 10.2 Å². The number of hydrogen-bond donors (Lipinski definition) is 0. The lowest BCUT2D eigenvalue weighted by Crippen LogP contribution is -1.99. The average Bonchev–Trinajstić information content (AvgIpc) is 2.69. The Morgan fingerprint density at radius 3 is 2.26 bits per heavy atom. The van der Waals surface area contributed by atoms with Crippen molar-refractivity contribution in [1.29, 1.82) is 0 Å². The highest BCUT2D eigenvalue weighted by molar-refractivity contribution is 5.70. The SMILES string of the molecule is Cc1cccc(-c2cc(C)c(-c3ccccc3Cc3ccccc3)nn2)c1. The molecule has 0 saturated carbocycles. The number of hydrogen-bond acceptors (Lipinski definition) is 2. The van der Waals surface area contributed by atoms with Gasteiger partial charge in [-0.1, -0.05) is 78.4 Å². The summed E-state index contributed by atoms with van der Waals surface area (Å²) in [5, 5.41) is 9.13. The summed E-state index contributed by atoms with van der Waals surface area (Å²) in [5.74, 6) is 0. The van der Waals surface area contributed by atoms with Crippen LogP contribution in [-0.2, 0) is 6.42 Å². The molecule has 0 radical (unpaired) electrons. The Balaban J connectivity index is 1.72. The zero-order valence-electron chi connectivity index (χ0n) is 15.7. The van der Waals surface area contributed by atoms with Gasteiger partial charge in [0.1, 0.15) is 0 Å². The second-order valence-electron chi connectivity index (χ2n) is 6.95. The number of rotatable bonds is 4. The summed E-state index contributed by atoms with van der Waals surface area (Å²) in [6.07, 6.45) is 0.887. The monoisotopic (exact) mass is 350 g/mol. The first-order valence-electron chi connectivity index (χ1n) is 9.24. The molecule has 0 aliphatic heterocycles. The van der Waals surface area contributed by atoms with Crippen molar-refractivity contribution in [2.24, 2.45) is 0 Å². The third-order valence-corrected chi connectivity index (χ3v) is 4.81. The standard InChI is InChI=1S/C25H22N2/c1-18-9-8-13-22(15-18)24-16-19(2)25(27-26-24)23-14-7-6-12-21(23)17-20-10-4-3-5-11-20/h3-16H,17H2,1-2H3. The molecule has 4 aromatic rings. The molecule has 0 atom stereocenters. The fourth-order valence-corrected chi connectivity index (χ4v) is 3.42. The molecule has 0 aliphatic rings. The molecule has 132 valence electrons. The van der Waals surface area contributed by atoms with Crippen LogP contribution in [0.15, 0.2) is 84.9 Å². The van der Waals surface area contributed by atoms with Crippen LogP contribution in [0.5, 0.6) is 0 Å². The van der Waals surface area contributed by atoms with Gasteiger partial charge in [-0.05, 0) is 49.1 Å². The molecular weight excluding hydrogens is 328 g/mol. The van der Waals surface area contributed by atoms with Gasteiger partial charge in [-0.15, -0.1) is 10.2 Å². The van der Waals surface area contributed by atoms with E-state index < -0.39 is 0 Å². The maximum atomic E-state index is 4.61. The van der Waals surface area contributed by atoms with E-state index in [4.69, 9.17) is 0 Å². The molecule has 3 aromatic carbocycles. The van der Waals surface area contributed by atoms with E-state index in [-0.39, 0.29) is 0 Å². The zero-order chi connectivity index (χ0) is 18.6. The summed E-state index contributed by atoms with van der Waals surface area (Å²) in [5.41, 5.74) is 9.07. The third kappa shape index (κ3) is 3.80. The van der Waals surface area contributed by atoms with Gasteiger partial charge in [0, 0.05) is 11.1 Å². The second-order valence-corrected chi connectivity index (χ2v) is 6.95. The topological polar surface area (TPSA) is 25.8 Å².